The molecule has 4 nitrogen and oxygen atoms in total. The third kappa shape index (κ3) is 2.94. The molecule has 0 heterocycles. The van der Waals surface area contributed by atoms with Crippen molar-refractivity contribution in [2.75, 3.05) is 11.9 Å². The predicted molar refractivity (Wildman–Crippen MR) is 60.8 cm³/mol. The number of nitrogens with zero attached hydrogens (tertiary/aromatic N) is 1. The fourth-order valence-corrected chi connectivity index (χ4v) is 1.31. The third-order valence-electron chi connectivity index (χ3n) is 2.21. The summed E-state index contributed by atoms with van der Waals surface area (Å²) in [6.07, 6.45) is 0. The van der Waals surface area contributed by atoms with Crippen LogP contribution in [0.1, 0.15) is 19.4 Å². The average Bonchev–Trinajstić information content (AvgIpc) is 2.35. The van der Waals surface area contributed by atoms with Crippen LogP contribution in [0.4, 0.5) is 14.5 Å². The Labute approximate surface area is 103 Å². The van der Waals surface area contributed by atoms with Gasteiger partial charge in [-0.2, -0.15) is 5.26 Å². The SMILES string of the molecule is CCOC(=O)C(C)Nc1ccc(C#N)c(F)c1F. The minimum atomic E-state index is -1.24. The molecule has 1 unspecified atom stereocenters. The Bertz CT molecular complexity index is 498. The fourth-order valence-electron chi connectivity index (χ4n) is 1.31. The molecule has 1 rings (SSSR count). The van der Waals surface area contributed by atoms with Crippen molar-refractivity contribution in [1.29, 1.82) is 5.26 Å². The van der Waals surface area contributed by atoms with Gasteiger partial charge in [-0.3, -0.25) is 0 Å². The summed E-state index contributed by atoms with van der Waals surface area (Å²) in [6.45, 7) is 3.31. The summed E-state index contributed by atoms with van der Waals surface area (Å²) in [7, 11) is 0. The topological polar surface area (TPSA) is 62.1 Å². The number of anilines is 1. The van der Waals surface area contributed by atoms with Gasteiger partial charge >= 0.3 is 5.97 Å². The van der Waals surface area contributed by atoms with E-state index in [0.717, 1.165) is 6.07 Å². The lowest BCUT2D eigenvalue weighted by Gasteiger charge is -2.14. The summed E-state index contributed by atoms with van der Waals surface area (Å²) in [6, 6.07) is 3.05. The zero-order valence-electron chi connectivity index (χ0n) is 9.96. The van der Waals surface area contributed by atoms with E-state index in [9.17, 15) is 13.6 Å². The molecule has 0 radical (unpaired) electrons. The van der Waals surface area contributed by atoms with E-state index in [1.807, 2.05) is 0 Å². The van der Waals surface area contributed by atoms with Crippen molar-refractivity contribution in [1.82, 2.24) is 0 Å². The molecule has 1 aromatic carbocycles. The number of nitrogens with one attached hydrogen (secondary N) is 1. The first-order valence-electron chi connectivity index (χ1n) is 5.32. The lowest BCUT2D eigenvalue weighted by molar-refractivity contribution is -0.143. The van der Waals surface area contributed by atoms with Crippen molar-refractivity contribution in [2.24, 2.45) is 0 Å². The number of benzene rings is 1. The first-order chi connectivity index (χ1) is 8.51. The Morgan fingerprint density at radius 3 is 2.72 bits per heavy atom. The maximum atomic E-state index is 13.5. The van der Waals surface area contributed by atoms with Gasteiger partial charge in [0, 0.05) is 0 Å². The molecule has 0 aliphatic carbocycles. The molecule has 0 aliphatic rings. The molecule has 0 amide bonds. The predicted octanol–water partition coefficient (Wildman–Crippen LogP) is 2.20. The molecular weight excluding hydrogens is 242 g/mol. The van der Waals surface area contributed by atoms with Gasteiger partial charge < -0.3 is 10.1 Å². The van der Waals surface area contributed by atoms with Crippen molar-refractivity contribution in [3.8, 4) is 6.07 Å². The van der Waals surface area contributed by atoms with Crippen molar-refractivity contribution in [3.63, 3.8) is 0 Å². The highest BCUT2D eigenvalue weighted by Crippen LogP contribution is 2.20. The van der Waals surface area contributed by atoms with E-state index in [4.69, 9.17) is 10.00 Å². The highest BCUT2D eigenvalue weighted by molar-refractivity contribution is 5.78. The summed E-state index contributed by atoms with van der Waals surface area (Å²) >= 11 is 0. The maximum Gasteiger partial charge on any atom is 0.328 e. The molecular formula is C12H12F2N2O2. The summed E-state index contributed by atoms with van der Waals surface area (Å²) < 4.78 is 31.5. The van der Waals surface area contributed by atoms with Gasteiger partial charge in [-0.05, 0) is 26.0 Å². The maximum absolute atomic E-state index is 13.5. The van der Waals surface area contributed by atoms with Crippen LogP contribution in [0.3, 0.4) is 0 Å². The Kier molecular flexibility index (Phi) is 4.60. The van der Waals surface area contributed by atoms with Crippen molar-refractivity contribution < 1.29 is 18.3 Å². The third-order valence-corrected chi connectivity index (χ3v) is 2.21. The molecule has 0 aliphatic heterocycles. The molecule has 1 aromatic rings. The minimum absolute atomic E-state index is 0.188. The van der Waals surface area contributed by atoms with E-state index in [1.54, 1.807) is 6.92 Å². The summed E-state index contributed by atoms with van der Waals surface area (Å²) in [5.74, 6) is -2.99. The molecule has 0 aromatic heterocycles. The van der Waals surface area contributed by atoms with Crippen LogP contribution in [0.15, 0.2) is 12.1 Å². The minimum Gasteiger partial charge on any atom is -0.464 e. The number of hydrogen-bond acceptors (Lipinski definition) is 4. The second kappa shape index (κ2) is 5.96. The lowest BCUT2D eigenvalue weighted by Crippen LogP contribution is -2.28. The molecule has 0 bridgehead atoms. The quantitative estimate of drug-likeness (QED) is 0.837. The number of rotatable bonds is 4. The first-order valence-corrected chi connectivity index (χ1v) is 5.32. The molecule has 0 saturated carbocycles. The van der Waals surface area contributed by atoms with Gasteiger partial charge in [-0.25, -0.2) is 13.6 Å². The van der Waals surface area contributed by atoms with Crippen molar-refractivity contribution in [2.45, 2.75) is 19.9 Å². The number of carbonyl (C=O) groups is 1. The van der Waals surface area contributed by atoms with E-state index in [1.165, 1.54) is 19.1 Å². The largest absolute Gasteiger partial charge is 0.464 e. The molecule has 1 N–H and O–H groups in total. The second-order valence-electron chi connectivity index (χ2n) is 3.52. The monoisotopic (exact) mass is 254 g/mol. The average molecular weight is 254 g/mol. The second-order valence-corrected chi connectivity index (χ2v) is 3.52. The standard InChI is InChI=1S/C12H12F2N2O2/c1-3-18-12(17)7(2)16-9-5-4-8(6-15)10(13)11(9)14/h4-5,7,16H,3H2,1-2H3. The van der Waals surface area contributed by atoms with Crippen molar-refractivity contribution in [3.05, 3.63) is 29.3 Å². The van der Waals surface area contributed by atoms with Crippen LogP contribution in [0.5, 0.6) is 0 Å². The van der Waals surface area contributed by atoms with Gasteiger partial charge in [0.25, 0.3) is 0 Å². The highest BCUT2D eigenvalue weighted by atomic mass is 19.2. The van der Waals surface area contributed by atoms with Gasteiger partial charge in [0.15, 0.2) is 11.6 Å². The Morgan fingerprint density at radius 2 is 2.17 bits per heavy atom. The van der Waals surface area contributed by atoms with Crippen LogP contribution < -0.4 is 5.32 Å². The van der Waals surface area contributed by atoms with Crippen LogP contribution in [-0.4, -0.2) is 18.6 Å². The van der Waals surface area contributed by atoms with E-state index < -0.39 is 23.6 Å². The number of carbonyl (C=O) groups excluding carboxylic acids is 1. The van der Waals surface area contributed by atoms with E-state index >= 15 is 0 Å². The molecule has 96 valence electrons. The van der Waals surface area contributed by atoms with E-state index in [0.29, 0.717) is 0 Å². The van der Waals surface area contributed by atoms with Crippen molar-refractivity contribution >= 4 is 11.7 Å². The van der Waals surface area contributed by atoms with Gasteiger partial charge in [-0.1, -0.05) is 0 Å². The smallest absolute Gasteiger partial charge is 0.328 e. The van der Waals surface area contributed by atoms with Gasteiger partial charge in [0.2, 0.25) is 0 Å². The molecule has 0 saturated heterocycles. The number of hydrogen-bond donors (Lipinski definition) is 1. The molecule has 1 atom stereocenters. The fraction of sp³-hybridized carbons (Fsp3) is 0.333. The number of nitriles is 1. The molecule has 6 heteroatoms. The lowest BCUT2D eigenvalue weighted by atomic mass is 10.2. The van der Waals surface area contributed by atoms with Crippen LogP contribution in [0.2, 0.25) is 0 Å². The molecule has 0 fully saturated rings. The number of ether oxygens (including phenoxy) is 1. The summed E-state index contributed by atoms with van der Waals surface area (Å²) in [5.41, 5.74) is -0.575. The molecule has 18 heavy (non-hydrogen) atoms. The van der Waals surface area contributed by atoms with E-state index in [-0.39, 0.29) is 17.9 Å². The van der Waals surface area contributed by atoms with Crippen LogP contribution in [-0.2, 0) is 9.53 Å². The Morgan fingerprint density at radius 1 is 1.50 bits per heavy atom. The molecule has 0 spiro atoms. The Hall–Kier alpha value is -2.16. The first kappa shape index (κ1) is 13.9. The Balaban J connectivity index is 2.90. The zero-order valence-corrected chi connectivity index (χ0v) is 9.96. The van der Waals surface area contributed by atoms with Crippen LogP contribution >= 0.6 is 0 Å². The summed E-state index contributed by atoms with van der Waals surface area (Å²) in [4.78, 5) is 11.3. The highest BCUT2D eigenvalue weighted by Gasteiger charge is 2.18. The summed E-state index contributed by atoms with van der Waals surface area (Å²) in [5, 5.41) is 11.0. The van der Waals surface area contributed by atoms with Gasteiger partial charge in [-0.15, -0.1) is 0 Å². The van der Waals surface area contributed by atoms with Gasteiger partial charge in [0.1, 0.15) is 12.1 Å². The van der Waals surface area contributed by atoms with Gasteiger partial charge in [0.05, 0.1) is 17.9 Å². The number of halogens is 2. The normalized spacial score (nSPS) is 11.5. The zero-order chi connectivity index (χ0) is 13.7. The van der Waals surface area contributed by atoms with Crippen LogP contribution in [0, 0.1) is 23.0 Å². The number of esters is 1. The van der Waals surface area contributed by atoms with E-state index in [2.05, 4.69) is 5.32 Å². The van der Waals surface area contributed by atoms with Crippen LogP contribution in [0.25, 0.3) is 0 Å².